The summed E-state index contributed by atoms with van der Waals surface area (Å²) < 4.78 is 28.9. The molecule has 1 aromatic heterocycles. The van der Waals surface area contributed by atoms with Crippen molar-refractivity contribution < 1.29 is 27.5 Å². The van der Waals surface area contributed by atoms with Crippen molar-refractivity contribution >= 4 is 22.1 Å². The lowest BCUT2D eigenvalue weighted by Gasteiger charge is -2.32. The molecule has 10 heteroatoms. The minimum Gasteiger partial charge on any atom is -0.469 e. The molecule has 0 spiro atoms. The number of aryl methyl sites for hydroxylation is 1. The van der Waals surface area contributed by atoms with E-state index >= 15 is 0 Å². The van der Waals surface area contributed by atoms with Crippen LogP contribution in [-0.4, -0.2) is 60.7 Å². The number of furan rings is 1. The number of imide groups is 1. The SMILES string of the molecule is CS(=O)(=O)N1CCN(C(=O)NCC2(O)CCCc3occc32)C1=O. The number of aliphatic hydroxyl groups is 1. The highest BCUT2D eigenvalue weighted by molar-refractivity contribution is 7.88. The summed E-state index contributed by atoms with van der Waals surface area (Å²) in [6, 6.07) is 0.0670. The molecule has 0 radical (unpaired) electrons. The van der Waals surface area contributed by atoms with Crippen LogP contribution in [0.25, 0.3) is 0 Å². The van der Waals surface area contributed by atoms with Gasteiger partial charge in [-0.05, 0) is 18.9 Å². The van der Waals surface area contributed by atoms with Gasteiger partial charge >= 0.3 is 12.1 Å². The minimum absolute atomic E-state index is 0.0207. The summed E-state index contributed by atoms with van der Waals surface area (Å²) in [4.78, 5) is 25.0. The molecule has 1 aromatic rings. The van der Waals surface area contributed by atoms with Crippen LogP contribution in [0.4, 0.5) is 9.59 Å². The van der Waals surface area contributed by atoms with E-state index in [0.29, 0.717) is 22.0 Å². The number of amides is 4. The minimum atomic E-state index is -3.70. The molecular formula is C14H19N3O6S. The van der Waals surface area contributed by atoms with Crippen molar-refractivity contribution in [2.75, 3.05) is 25.9 Å². The number of sulfonamides is 1. The van der Waals surface area contributed by atoms with Crippen molar-refractivity contribution in [1.29, 1.82) is 0 Å². The van der Waals surface area contributed by atoms with Crippen LogP contribution < -0.4 is 5.32 Å². The fraction of sp³-hybridized carbons (Fsp3) is 0.571. The third-order valence-corrected chi connectivity index (χ3v) is 5.53. The molecule has 0 saturated carbocycles. The second-order valence-corrected chi connectivity index (χ2v) is 7.98. The monoisotopic (exact) mass is 357 g/mol. The summed E-state index contributed by atoms with van der Waals surface area (Å²) in [6.07, 6.45) is 4.32. The van der Waals surface area contributed by atoms with Crippen LogP contribution in [0.1, 0.15) is 24.2 Å². The summed E-state index contributed by atoms with van der Waals surface area (Å²) >= 11 is 0. The highest BCUT2D eigenvalue weighted by Crippen LogP contribution is 2.35. The van der Waals surface area contributed by atoms with Gasteiger partial charge in [0.15, 0.2) is 0 Å². The zero-order valence-corrected chi connectivity index (χ0v) is 14.0. The van der Waals surface area contributed by atoms with Crippen molar-refractivity contribution in [3.63, 3.8) is 0 Å². The van der Waals surface area contributed by atoms with Gasteiger partial charge in [0, 0.05) is 12.0 Å². The van der Waals surface area contributed by atoms with Gasteiger partial charge in [0.2, 0.25) is 10.0 Å². The molecule has 3 rings (SSSR count). The molecule has 1 aliphatic carbocycles. The number of urea groups is 2. The zero-order chi connectivity index (χ0) is 17.5. The van der Waals surface area contributed by atoms with Gasteiger partial charge in [-0.2, -0.15) is 0 Å². The summed E-state index contributed by atoms with van der Waals surface area (Å²) in [6.45, 7) is -0.171. The highest BCUT2D eigenvalue weighted by Gasteiger charge is 2.40. The molecule has 24 heavy (non-hydrogen) atoms. The normalized spacial score (nSPS) is 24.2. The smallest absolute Gasteiger partial charge is 0.341 e. The maximum atomic E-state index is 12.2. The first-order chi connectivity index (χ1) is 11.2. The Hall–Kier alpha value is -2.07. The average molecular weight is 357 g/mol. The van der Waals surface area contributed by atoms with E-state index in [0.717, 1.165) is 24.0 Å². The van der Waals surface area contributed by atoms with E-state index in [4.69, 9.17) is 4.42 Å². The summed E-state index contributed by atoms with van der Waals surface area (Å²) in [5.74, 6) is 0.693. The van der Waals surface area contributed by atoms with Crippen LogP contribution >= 0.6 is 0 Å². The Kier molecular flexibility index (Phi) is 4.04. The Morgan fingerprint density at radius 1 is 1.46 bits per heavy atom. The number of fused-ring (bicyclic) bond motifs is 1. The molecule has 1 aliphatic heterocycles. The molecule has 1 saturated heterocycles. The molecule has 0 bridgehead atoms. The molecule has 2 N–H and O–H groups in total. The van der Waals surface area contributed by atoms with E-state index in [9.17, 15) is 23.1 Å². The molecule has 2 heterocycles. The standard InChI is InChI=1S/C14H19N3O6S/c1-24(21,22)17-7-6-16(13(17)19)12(18)15-9-14(20)5-2-3-11-10(14)4-8-23-11/h4,8,20H,2-3,5-7,9H2,1H3,(H,15,18). The van der Waals surface area contributed by atoms with Crippen molar-refractivity contribution in [2.45, 2.75) is 24.9 Å². The fourth-order valence-electron chi connectivity index (χ4n) is 3.14. The Bertz CT molecular complexity index is 773. The van der Waals surface area contributed by atoms with Gasteiger partial charge in [-0.15, -0.1) is 0 Å². The van der Waals surface area contributed by atoms with Crippen LogP contribution in [0.2, 0.25) is 0 Å². The zero-order valence-electron chi connectivity index (χ0n) is 13.2. The molecule has 4 amide bonds. The Morgan fingerprint density at radius 3 is 2.88 bits per heavy atom. The van der Waals surface area contributed by atoms with Crippen molar-refractivity contribution in [2.24, 2.45) is 0 Å². The van der Waals surface area contributed by atoms with E-state index in [2.05, 4.69) is 5.32 Å². The van der Waals surface area contributed by atoms with Crippen molar-refractivity contribution in [3.05, 3.63) is 23.7 Å². The summed E-state index contributed by atoms with van der Waals surface area (Å²) in [7, 11) is -3.70. The van der Waals surface area contributed by atoms with E-state index in [1.165, 1.54) is 6.26 Å². The molecule has 2 aliphatic rings. The van der Waals surface area contributed by atoms with E-state index < -0.39 is 27.7 Å². The second kappa shape index (κ2) is 5.78. The lowest BCUT2D eigenvalue weighted by Crippen LogP contribution is -2.49. The number of rotatable bonds is 3. The van der Waals surface area contributed by atoms with Gasteiger partial charge in [0.25, 0.3) is 0 Å². The maximum absolute atomic E-state index is 12.2. The topological polar surface area (TPSA) is 120 Å². The molecule has 0 aromatic carbocycles. The summed E-state index contributed by atoms with van der Waals surface area (Å²) in [5.41, 5.74) is -0.616. The van der Waals surface area contributed by atoms with Gasteiger partial charge in [-0.3, -0.25) is 0 Å². The molecule has 132 valence electrons. The first-order valence-electron chi connectivity index (χ1n) is 7.59. The van der Waals surface area contributed by atoms with Crippen LogP contribution in [0.5, 0.6) is 0 Å². The Balaban J connectivity index is 1.66. The molecular weight excluding hydrogens is 338 g/mol. The summed E-state index contributed by atoms with van der Waals surface area (Å²) in [5, 5.41) is 13.3. The van der Waals surface area contributed by atoms with Crippen molar-refractivity contribution in [1.82, 2.24) is 14.5 Å². The Morgan fingerprint density at radius 2 is 2.21 bits per heavy atom. The van der Waals surface area contributed by atoms with E-state index in [1.807, 2.05) is 0 Å². The fourth-order valence-corrected chi connectivity index (χ4v) is 3.93. The lowest BCUT2D eigenvalue weighted by molar-refractivity contribution is 0.0187. The number of carbonyl (C=O) groups excluding carboxylic acids is 2. The predicted molar refractivity (Wildman–Crippen MR) is 82.6 cm³/mol. The number of carbonyl (C=O) groups is 2. The highest BCUT2D eigenvalue weighted by atomic mass is 32.2. The van der Waals surface area contributed by atoms with Crippen molar-refractivity contribution in [3.8, 4) is 0 Å². The molecule has 1 atom stereocenters. The quantitative estimate of drug-likeness (QED) is 0.798. The van der Waals surface area contributed by atoms with E-state index in [1.54, 1.807) is 6.07 Å². The molecule has 1 fully saturated rings. The second-order valence-electron chi connectivity index (χ2n) is 6.07. The third-order valence-electron chi connectivity index (χ3n) is 4.39. The average Bonchev–Trinajstić information content (AvgIpc) is 3.11. The van der Waals surface area contributed by atoms with Crippen LogP contribution in [0, 0.1) is 0 Å². The number of hydrogen-bond acceptors (Lipinski definition) is 6. The first-order valence-corrected chi connectivity index (χ1v) is 9.43. The van der Waals surface area contributed by atoms with E-state index in [-0.39, 0.29) is 19.6 Å². The first kappa shape index (κ1) is 16.8. The van der Waals surface area contributed by atoms with Gasteiger partial charge < -0.3 is 14.8 Å². The largest absolute Gasteiger partial charge is 0.469 e. The number of nitrogens with zero attached hydrogens (tertiary/aromatic N) is 2. The van der Waals surface area contributed by atoms with Gasteiger partial charge in [-0.1, -0.05) is 0 Å². The Labute approximate surface area is 139 Å². The molecule has 9 nitrogen and oxygen atoms in total. The van der Waals surface area contributed by atoms with Gasteiger partial charge in [-0.25, -0.2) is 27.2 Å². The number of hydrogen-bond donors (Lipinski definition) is 2. The lowest BCUT2D eigenvalue weighted by atomic mass is 9.83. The maximum Gasteiger partial charge on any atom is 0.341 e. The predicted octanol–water partition coefficient (Wildman–Crippen LogP) is 0.210. The van der Waals surface area contributed by atoms with Crippen LogP contribution in [0.3, 0.4) is 0 Å². The van der Waals surface area contributed by atoms with Gasteiger partial charge in [0.05, 0.1) is 32.2 Å². The van der Waals surface area contributed by atoms with Crippen LogP contribution in [-0.2, 0) is 22.0 Å². The molecule has 1 unspecified atom stereocenters. The third kappa shape index (κ3) is 2.86. The van der Waals surface area contributed by atoms with Crippen LogP contribution in [0.15, 0.2) is 16.7 Å². The number of nitrogens with one attached hydrogen (secondary N) is 1. The van der Waals surface area contributed by atoms with Gasteiger partial charge in [0.1, 0.15) is 11.4 Å².